The fourth-order valence-electron chi connectivity index (χ4n) is 7.15. The number of ether oxygens (including phenoxy) is 4. The summed E-state index contributed by atoms with van der Waals surface area (Å²) in [6.45, 7) is 15.6. The molecule has 2 heterocycles. The van der Waals surface area contributed by atoms with Gasteiger partial charge in [-0.1, -0.05) is 86.1 Å². The zero-order valence-electron chi connectivity index (χ0n) is 51.1. The number of esters is 2. The van der Waals surface area contributed by atoms with E-state index in [4.69, 9.17) is 29.2 Å². The fourth-order valence-corrected chi connectivity index (χ4v) is 7.15. The van der Waals surface area contributed by atoms with E-state index in [0.29, 0.717) is 11.1 Å². The van der Waals surface area contributed by atoms with Crippen molar-refractivity contribution >= 4 is 67.2 Å². The summed E-state index contributed by atoms with van der Waals surface area (Å²) in [5.74, 6) is 6.15. The molecular formula is C62H75BN4NaO19. The van der Waals surface area contributed by atoms with Crippen molar-refractivity contribution < 1.29 is 121 Å². The van der Waals surface area contributed by atoms with Gasteiger partial charge in [0.1, 0.15) is 6.61 Å². The molecule has 0 aliphatic carbocycles. The quantitative estimate of drug-likeness (QED) is 0.0424. The van der Waals surface area contributed by atoms with Gasteiger partial charge in [0.25, 0.3) is 17.8 Å². The fraction of sp³-hybridized carbons (Fsp3) is 0.387. The number of hydrogen-bond donors (Lipinski definition) is 3. The van der Waals surface area contributed by atoms with E-state index in [1.165, 1.54) is 35.2 Å². The van der Waals surface area contributed by atoms with E-state index < -0.39 is 59.7 Å². The third kappa shape index (κ3) is 31.8. The molecule has 461 valence electrons. The van der Waals surface area contributed by atoms with Gasteiger partial charge in [-0.25, -0.2) is 29.0 Å². The van der Waals surface area contributed by atoms with Crippen LogP contribution in [0.4, 0.5) is 0 Å². The SMILES string of the molecule is C1COCCN1.CC(=O)O.CC(=O)OOC(C)=O.CCC(=O)C(C(=O)OC)N(C)C(=O)c1ccc(-c2ccc(C#CCN3CCOCC3)cc2)cc1.CCC(=O)C(C(=O)OC)N(C)C(=O)c1ccc(-c2ccc(C#CCO)cc2)cc1.[B-]OC(C)=O.[Na+]. The maximum absolute atomic E-state index is 12.9. The van der Waals surface area contributed by atoms with Crippen molar-refractivity contribution in [3.05, 3.63) is 119 Å². The average molecular weight is 1210 g/mol. The third-order valence-corrected chi connectivity index (χ3v) is 11.5. The van der Waals surface area contributed by atoms with Crippen LogP contribution < -0.4 is 34.9 Å². The minimum absolute atomic E-state index is 0. The molecule has 6 rings (SSSR count). The summed E-state index contributed by atoms with van der Waals surface area (Å²) in [6.07, 6.45) is 0.249. The molecule has 0 saturated carbocycles. The molecule has 2 fully saturated rings. The number of amides is 2. The second-order valence-corrected chi connectivity index (χ2v) is 17.9. The Morgan fingerprint density at radius 1 is 0.575 bits per heavy atom. The molecule has 0 spiro atoms. The van der Waals surface area contributed by atoms with Gasteiger partial charge in [-0.3, -0.25) is 33.7 Å². The van der Waals surface area contributed by atoms with Crippen LogP contribution in [-0.2, 0) is 71.7 Å². The van der Waals surface area contributed by atoms with Crippen LogP contribution in [-0.4, -0.2) is 198 Å². The van der Waals surface area contributed by atoms with Crippen molar-refractivity contribution in [2.75, 3.05) is 94.1 Å². The van der Waals surface area contributed by atoms with E-state index in [0.717, 1.165) is 123 Å². The van der Waals surface area contributed by atoms with Gasteiger partial charge >= 0.3 is 53.4 Å². The molecule has 2 saturated heterocycles. The van der Waals surface area contributed by atoms with Gasteiger partial charge < -0.3 is 57.0 Å². The number of hydrogen-bond acceptors (Lipinski definition) is 20. The summed E-state index contributed by atoms with van der Waals surface area (Å²) in [6, 6.07) is 26.9. The van der Waals surface area contributed by atoms with Crippen molar-refractivity contribution in [2.45, 2.75) is 66.5 Å². The summed E-state index contributed by atoms with van der Waals surface area (Å²) in [7, 11) is 9.56. The number of Topliss-reactive ketones (excluding diaryl/α,β-unsaturated/α-hetero) is 2. The Bertz CT molecular complexity index is 2890. The molecule has 2 aliphatic heterocycles. The number of aliphatic carboxylic acids is 1. The first-order chi connectivity index (χ1) is 41.0. The van der Waals surface area contributed by atoms with E-state index in [2.05, 4.69) is 61.1 Å². The zero-order valence-corrected chi connectivity index (χ0v) is 53.1. The molecule has 2 unspecified atom stereocenters. The van der Waals surface area contributed by atoms with E-state index in [1.807, 2.05) is 60.7 Å². The Hall–Kier alpha value is -8.04. The molecule has 25 heteroatoms. The number of carbonyl (C=O) groups excluding carboxylic acids is 9. The minimum atomic E-state index is -1.26. The molecule has 3 N–H and O–H groups in total. The maximum Gasteiger partial charge on any atom is 1.00 e. The average Bonchev–Trinajstić information content (AvgIpc) is 2.99. The van der Waals surface area contributed by atoms with Crippen LogP contribution in [0.1, 0.15) is 86.2 Å². The molecule has 23 nitrogen and oxygen atoms in total. The molecule has 2 atom stereocenters. The van der Waals surface area contributed by atoms with Crippen molar-refractivity contribution in [1.82, 2.24) is 20.0 Å². The Labute approximate surface area is 531 Å². The Morgan fingerprint density at radius 3 is 1.16 bits per heavy atom. The topological polar surface area (TPSA) is 298 Å². The monoisotopic (exact) mass is 1210 g/mol. The first-order valence-corrected chi connectivity index (χ1v) is 26.8. The predicted octanol–water partition coefficient (Wildman–Crippen LogP) is 1.28. The van der Waals surface area contributed by atoms with Gasteiger partial charge in [0.15, 0.2) is 23.7 Å². The number of carboxylic acids is 1. The van der Waals surface area contributed by atoms with Crippen LogP contribution in [0.3, 0.4) is 0 Å². The molecule has 87 heavy (non-hydrogen) atoms. The van der Waals surface area contributed by atoms with Crippen molar-refractivity contribution in [2.24, 2.45) is 0 Å². The summed E-state index contributed by atoms with van der Waals surface area (Å²) in [5, 5.41) is 19.3. The van der Waals surface area contributed by atoms with Gasteiger partial charge in [-0.05, 0) is 70.8 Å². The van der Waals surface area contributed by atoms with Crippen LogP contribution in [0, 0.1) is 23.7 Å². The molecule has 4 aromatic carbocycles. The molecular weight excluding hydrogens is 1140 g/mol. The number of rotatable bonds is 13. The number of ketones is 2. The molecule has 2 aliphatic rings. The first kappa shape index (κ1) is 79.0. The Morgan fingerprint density at radius 2 is 0.897 bits per heavy atom. The summed E-state index contributed by atoms with van der Waals surface area (Å²) in [5.41, 5.74) is 6.28. The number of likely N-dealkylation sites (N-methyl/N-ethyl adjacent to an activating group) is 2. The van der Waals surface area contributed by atoms with Crippen LogP contribution in [0.15, 0.2) is 97.1 Å². The summed E-state index contributed by atoms with van der Waals surface area (Å²) in [4.78, 5) is 124. The third-order valence-electron chi connectivity index (χ3n) is 11.5. The number of carbonyl (C=O) groups is 10. The molecule has 0 aromatic heterocycles. The van der Waals surface area contributed by atoms with Gasteiger partial charge in [-0.2, -0.15) is 0 Å². The normalized spacial score (nSPS) is 12.4. The molecule has 0 bridgehead atoms. The van der Waals surface area contributed by atoms with E-state index in [9.17, 15) is 43.2 Å². The Kier molecular flexibility index (Phi) is 41.1. The Balaban J connectivity index is 0.00000124. The van der Waals surface area contributed by atoms with E-state index in [-0.39, 0.29) is 60.6 Å². The number of aliphatic hydroxyl groups excluding tert-OH is 1. The maximum atomic E-state index is 12.9. The predicted molar refractivity (Wildman–Crippen MR) is 316 cm³/mol. The molecule has 2 amide bonds. The van der Waals surface area contributed by atoms with Crippen molar-refractivity contribution in [1.29, 1.82) is 0 Å². The zero-order chi connectivity index (χ0) is 64.6. The van der Waals surface area contributed by atoms with Crippen LogP contribution in [0.2, 0.25) is 0 Å². The van der Waals surface area contributed by atoms with Crippen LogP contribution in [0.5, 0.6) is 0 Å². The summed E-state index contributed by atoms with van der Waals surface area (Å²) < 4.78 is 23.4. The second-order valence-electron chi connectivity index (χ2n) is 17.9. The van der Waals surface area contributed by atoms with Crippen molar-refractivity contribution in [3.8, 4) is 45.9 Å². The van der Waals surface area contributed by atoms with Gasteiger partial charge in [0, 0.05) is 103 Å². The largest absolute Gasteiger partial charge is 1.00 e. The van der Waals surface area contributed by atoms with E-state index in [1.54, 1.807) is 50.2 Å². The van der Waals surface area contributed by atoms with Crippen LogP contribution in [0.25, 0.3) is 22.3 Å². The van der Waals surface area contributed by atoms with Gasteiger partial charge in [-0.15, -0.1) is 0 Å². The standard InChI is InChI=1S/C27H30N2O5.C23H23NO5.C4H9NO.C4H6O4.C2H3BO2.C2H4O2.Na/c1-4-24(30)25(27(32)33-3)28(2)26(31)23-13-11-22(12-14-23)21-9-7-20(8-10-21)6-5-15-29-16-18-34-19-17-29;1-4-20(26)21(23(28)29-3)24(2)22(27)19-13-11-18(12-14-19)17-9-7-16(8-10-17)6-5-15-25;1-3-6-4-2-5-1;1-3(5)7-8-4(2)6;1-2(4)5-3;1-2(3)4;/h7-14,25H,4,15-19H2,1-3H3;7-14,21,25H,4,15H2,1-3H3;5H,1-4H2;1-2H3;1H3;1H3,(H,3,4);/q;;;;-1;;+1. The number of carboxylic acid groups (broad SMARTS) is 1. The molecule has 4 aromatic rings. The number of nitrogens with zero attached hydrogens (tertiary/aromatic N) is 3. The van der Waals surface area contributed by atoms with Gasteiger partial charge in [0.2, 0.25) is 5.97 Å². The smallest absolute Gasteiger partial charge is 0.793 e. The van der Waals surface area contributed by atoms with E-state index >= 15 is 0 Å². The summed E-state index contributed by atoms with van der Waals surface area (Å²) >= 11 is 0. The number of benzene rings is 4. The molecule has 3 radical (unpaired) electrons. The second kappa shape index (κ2) is 45.3. The number of nitrogens with one attached hydrogen (secondary N) is 1. The van der Waals surface area contributed by atoms with Gasteiger partial charge in [0.05, 0.1) is 47.2 Å². The number of aliphatic hydroxyl groups is 1. The minimum Gasteiger partial charge on any atom is -0.793 e. The van der Waals surface area contributed by atoms with Crippen LogP contribution >= 0.6 is 0 Å². The first-order valence-electron chi connectivity index (χ1n) is 26.8. The number of methoxy groups -OCH3 is 2. The van der Waals surface area contributed by atoms with Crippen molar-refractivity contribution in [3.63, 3.8) is 0 Å². The number of morpholine rings is 2.